The number of nitrogens with zero attached hydrogens (tertiary/aromatic N) is 5. The zero-order chi connectivity index (χ0) is 28.8. The lowest BCUT2D eigenvalue weighted by Crippen LogP contribution is -2.49. The number of likely N-dealkylation sites (N-methyl/N-ethyl adjacent to an activating group) is 1. The van der Waals surface area contributed by atoms with Gasteiger partial charge in [-0.3, -0.25) is 35.1 Å². The number of aromatic nitrogens is 1. The Labute approximate surface area is 230 Å². The van der Waals surface area contributed by atoms with Crippen LogP contribution in [0.4, 0.5) is 5.82 Å². The first kappa shape index (κ1) is 32.1. The van der Waals surface area contributed by atoms with Crippen molar-refractivity contribution in [2.75, 3.05) is 84.0 Å². The van der Waals surface area contributed by atoms with E-state index in [-0.39, 0.29) is 30.5 Å². The van der Waals surface area contributed by atoms with Crippen LogP contribution in [0.2, 0.25) is 0 Å². The van der Waals surface area contributed by atoms with Crippen LogP contribution >= 0.6 is 0 Å². The first-order valence-electron chi connectivity index (χ1n) is 13.3. The minimum atomic E-state index is -1.08. The molecule has 39 heavy (non-hydrogen) atoms. The molecule has 1 fully saturated rings. The molecule has 0 aliphatic carbocycles. The fourth-order valence-electron chi connectivity index (χ4n) is 4.03. The number of esters is 1. The fraction of sp³-hybridized carbons (Fsp3) is 0.654. The van der Waals surface area contributed by atoms with Gasteiger partial charge in [0.2, 0.25) is 0 Å². The highest BCUT2D eigenvalue weighted by atomic mass is 16.6. The van der Waals surface area contributed by atoms with E-state index in [4.69, 9.17) is 9.84 Å². The molecule has 0 aromatic carbocycles. The highest BCUT2D eigenvalue weighted by molar-refractivity contribution is 5.87. The number of carboxylic acids is 1. The van der Waals surface area contributed by atoms with Crippen LogP contribution in [-0.4, -0.2) is 138 Å². The molecule has 218 valence electrons. The number of hydrazine groups is 1. The minimum absolute atomic E-state index is 0.0454. The van der Waals surface area contributed by atoms with Gasteiger partial charge in [-0.2, -0.15) is 0 Å². The summed E-state index contributed by atoms with van der Waals surface area (Å²) in [5.74, 6) is -1.36. The van der Waals surface area contributed by atoms with Gasteiger partial charge in [-0.25, -0.2) is 9.78 Å². The molecule has 1 saturated heterocycles. The molecular weight excluding hydrogens is 506 g/mol. The van der Waals surface area contributed by atoms with Crippen molar-refractivity contribution in [3.63, 3.8) is 0 Å². The quantitative estimate of drug-likeness (QED) is 0.205. The van der Waals surface area contributed by atoms with Gasteiger partial charge in [0, 0.05) is 58.6 Å². The minimum Gasteiger partial charge on any atom is -0.478 e. The lowest BCUT2D eigenvalue weighted by Gasteiger charge is -2.33. The van der Waals surface area contributed by atoms with Crippen molar-refractivity contribution in [2.45, 2.75) is 33.3 Å². The number of carbonyl (C=O) groups excluding carboxylic acids is 3. The van der Waals surface area contributed by atoms with E-state index in [0.717, 1.165) is 32.5 Å². The second kappa shape index (κ2) is 16.1. The molecule has 1 aliphatic heterocycles. The normalized spacial score (nSPS) is 17.4. The summed E-state index contributed by atoms with van der Waals surface area (Å²) in [6, 6.07) is 2.85. The van der Waals surface area contributed by atoms with Crippen LogP contribution in [-0.2, 0) is 19.1 Å². The van der Waals surface area contributed by atoms with Crippen LogP contribution in [0.15, 0.2) is 18.3 Å². The first-order valence-corrected chi connectivity index (χ1v) is 13.3. The molecule has 0 radical (unpaired) electrons. The smallest absolute Gasteiger partial charge is 0.337 e. The maximum Gasteiger partial charge on any atom is 0.337 e. The summed E-state index contributed by atoms with van der Waals surface area (Å²) in [6.07, 6.45) is 2.10. The van der Waals surface area contributed by atoms with Gasteiger partial charge in [0.25, 0.3) is 5.91 Å². The van der Waals surface area contributed by atoms with Crippen molar-refractivity contribution in [2.24, 2.45) is 0 Å². The predicted octanol–water partition coefficient (Wildman–Crippen LogP) is 0.00500. The Morgan fingerprint density at radius 3 is 2.00 bits per heavy atom. The third kappa shape index (κ3) is 13.0. The number of anilines is 1. The van der Waals surface area contributed by atoms with Crippen LogP contribution in [0.3, 0.4) is 0 Å². The molecule has 0 bridgehead atoms. The van der Waals surface area contributed by atoms with E-state index >= 15 is 0 Å². The molecule has 13 heteroatoms. The average Bonchev–Trinajstić information content (AvgIpc) is 2.86. The number of rotatable bonds is 10. The molecule has 2 rings (SSSR count). The van der Waals surface area contributed by atoms with Crippen LogP contribution in [0.1, 0.15) is 38.1 Å². The molecule has 0 atom stereocenters. The summed E-state index contributed by atoms with van der Waals surface area (Å²) in [5, 5.41) is 8.99. The number of aldehydes is 1. The van der Waals surface area contributed by atoms with Gasteiger partial charge >= 0.3 is 11.9 Å². The molecule has 3 N–H and O–H groups in total. The van der Waals surface area contributed by atoms with Gasteiger partial charge in [-0.15, -0.1) is 0 Å². The molecule has 0 saturated carbocycles. The highest BCUT2D eigenvalue weighted by Gasteiger charge is 2.22. The lowest BCUT2D eigenvalue weighted by molar-refractivity contribution is -0.156. The van der Waals surface area contributed by atoms with Crippen molar-refractivity contribution < 1.29 is 29.0 Å². The highest BCUT2D eigenvalue weighted by Crippen LogP contribution is 2.08. The summed E-state index contributed by atoms with van der Waals surface area (Å²) in [7, 11) is 0. The largest absolute Gasteiger partial charge is 0.478 e. The number of carbonyl (C=O) groups is 4. The van der Waals surface area contributed by atoms with Gasteiger partial charge in [-0.05, 0) is 39.4 Å². The number of hydrogen-bond acceptors (Lipinski definition) is 11. The predicted molar refractivity (Wildman–Crippen MR) is 146 cm³/mol. The average molecular weight is 550 g/mol. The Morgan fingerprint density at radius 2 is 1.51 bits per heavy atom. The number of nitrogens with one attached hydrogen (secondary N) is 2. The molecule has 13 nitrogen and oxygen atoms in total. The van der Waals surface area contributed by atoms with E-state index in [1.165, 1.54) is 18.3 Å². The molecule has 1 aromatic rings. The van der Waals surface area contributed by atoms with E-state index < -0.39 is 11.6 Å². The van der Waals surface area contributed by atoms with Crippen molar-refractivity contribution in [1.82, 2.24) is 30.0 Å². The summed E-state index contributed by atoms with van der Waals surface area (Å²) in [5.41, 5.74) is 4.77. The van der Waals surface area contributed by atoms with Crippen molar-refractivity contribution in [1.29, 1.82) is 0 Å². The number of carboxylic acid groups (broad SMARTS) is 1. The Bertz CT molecular complexity index is 938. The van der Waals surface area contributed by atoms with E-state index in [2.05, 4.69) is 37.5 Å². The SMILES string of the molecule is CCN1CCN(CC=O)CCN(CC(=O)NNc2ccc(C(=O)O)cn2)CCN(CC(=O)OC(C)(C)C)CC1. The maximum absolute atomic E-state index is 12.7. The molecule has 1 aromatic heterocycles. The molecule has 0 unspecified atom stereocenters. The van der Waals surface area contributed by atoms with Crippen LogP contribution in [0.5, 0.6) is 0 Å². The van der Waals surface area contributed by atoms with E-state index in [0.29, 0.717) is 45.1 Å². The summed E-state index contributed by atoms with van der Waals surface area (Å²) < 4.78 is 5.53. The fourth-order valence-corrected chi connectivity index (χ4v) is 4.03. The number of ether oxygens (including phenoxy) is 1. The zero-order valence-electron chi connectivity index (χ0n) is 23.5. The Hall–Kier alpha value is -3.13. The van der Waals surface area contributed by atoms with E-state index in [1.54, 1.807) is 0 Å². The number of pyridine rings is 1. The van der Waals surface area contributed by atoms with E-state index in [9.17, 15) is 19.2 Å². The third-order valence-corrected chi connectivity index (χ3v) is 6.19. The first-order chi connectivity index (χ1) is 18.5. The van der Waals surface area contributed by atoms with Gasteiger partial charge < -0.3 is 19.5 Å². The Balaban J connectivity index is 2.05. The molecule has 1 aliphatic rings. The second-order valence-corrected chi connectivity index (χ2v) is 10.5. The number of hydrogen-bond donors (Lipinski definition) is 3. The number of amides is 1. The third-order valence-electron chi connectivity index (χ3n) is 6.19. The molecule has 1 amide bonds. The van der Waals surface area contributed by atoms with Gasteiger partial charge in [0.15, 0.2) is 0 Å². The summed E-state index contributed by atoms with van der Waals surface area (Å²) >= 11 is 0. The van der Waals surface area contributed by atoms with Crippen LogP contribution < -0.4 is 10.9 Å². The standard InChI is InChI=1S/C26H43N7O6/c1-5-30-8-10-31(16-17-34)11-13-32(14-15-33(12-9-30)20-24(36)39-26(2,3)4)19-23(35)29-28-22-7-6-21(18-27-22)25(37)38/h6-7,17-18H,5,8-16,19-20H2,1-4H3,(H,27,28)(H,29,35)(H,37,38). The topological polar surface area (TPSA) is 148 Å². The second-order valence-electron chi connectivity index (χ2n) is 10.5. The Morgan fingerprint density at radius 1 is 0.949 bits per heavy atom. The molecular formula is C26H43N7O6. The van der Waals surface area contributed by atoms with Crippen molar-refractivity contribution in [3.05, 3.63) is 23.9 Å². The van der Waals surface area contributed by atoms with Gasteiger partial charge in [-0.1, -0.05) is 6.92 Å². The monoisotopic (exact) mass is 549 g/mol. The summed E-state index contributed by atoms with van der Waals surface area (Å²) in [4.78, 5) is 59.9. The summed E-state index contributed by atoms with van der Waals surface area (Å²) in [6.45, 7) is 14.3. The number of aromatic carboxylic acids is 1. The van der Waals surface area contributed by atoms with Gasteiger partial charge in [0.05, 0.1) is 25.2 Å². The van der Waals surface area contributed by atoms with Crippen LogP contribution in [0.25, 0.3) is 0 Å². The van der Waals surface area contributed by atoms with Crippen molar-refractivity contribution in [3.8, 4) is 0 Å². The zero-order valence-corrected chi connectivity index (χ0v) is 23.5. The van der Waals surface area contributed by atoms with E-state index in [1.807, 2.05) is 25.7 Å². The Kier molecular flexibility index (Phi) is 13.2. The maximum atomic E-state index is 12.7. The molecule has 0 spiro atoms. The van der Waals surface area contributed by atoms with Crippen LogP contribution in [0, 0.1) is 0 Å². The molecule has 2 heterocycles. The lowest BCUT2D eigenvalue weighted by atomic mass is 10.2. The van der Waals surface area contributed by atoms with Crippen molar-refractivity contribution >= 4 is 29.9 Å². The van der Waals surface area contributed by atoms with Gasteiger partial charge in [0.1, 0.15) is 17.7 Å².